The van der Waals surface area contributed by atoms with Crippen LogP contribution in [0.2, 0.25) is 30.7 Å². The molecule has 0 bridgehead atoms. The largest absolute Gasteiger partial charge is 0.462 e. The molecule has 1 N–H and O–H groups in total. The van der Waals surface area contributed by atoms with Crippen LogP contribution in [0.1, 0.15) is 81.4 Å². The van der Waals surface area contributed by atoms with E-state index in [1.807, 2.05) is 64.1 Å². The zero-order valence-corrected chi connectivity index (χ0v) is 35.4. The van der Waals surface area contributed by atoms with Crippen molar-refractivity contribution in [2.45, 2.75) is 129 Å². The van der Waals surface area contributed by atoms with Gasteiger partial charge in [0.1, 0.15) is 12.2 Å². The van der Waals surface area contributed by atoms with Gasteiger partial charge in [0.25, 0.3) is 8.32 Å². The maximum absolute atomic E-state index is 13.2. The summed E-state index contributed by atoms with van der Waals surface area (Å²) < 4.78 is 25.5. The topological polar surface area (TPSA) is 74.2 Å². The van der Waals surface area contributed by atoms with Crippen LogP contribution >= 0.6 is 0 Å². The van der Waals surface area contributed by atoms with Crippen LogP contribution in [-0.4, -0.2) is 64.3 Å². The summed E-state index contributed by atoms with van der Waals surface area (Å²) in [4.78, 5) is 13.2. The quantitative estimate of drug-likeness (QED) is 0.0953. The van der Waals surface area contributed by atoms with E-state index in [4.69, 9.17) is 18.6 Å². The number of hydrogen-bond donors (Lipinski definition) is 1. The van der Waals surface area contributed by atoms with Gasteiger partial charge in [-0.25, -0.2) is 4.79 Å². The SMILES string of the molecule is Cc1cc(C)c(C(=O)OCC[Si](C)(C)C)c(/C=C/C[C@@H]2OC(C)(C)O[C@@H]2C(O)/C=C\C[C@H](C)O[Si](c2ccccc2)(c2ccccc2)C(C)(C)C)c1. The first-order chi connectivity index (χ1) is 24.3. The van der Waals surface area contributed by atoms with Crippen molar-refractivity contribution in [1.82, 2.24) is 0 Å². The van der Waals surface area contributed by atoms with Gasteiger partial charge in [-0.15, -0.1) is 0 Å². The fraction of sp³-hybridized carbons (Fsp3) is 0.477. The first kappa shape index (κ1) is 41.6. The van der Waals surface area contributed by atoms with Gasteiger partial charge in [0.2, 0.25) is 0 Å². The number of aryl methyl sites for hydroxylation is 2. The van der Waals surface area contributed by atoms with E-state index < -0.39 is 34.4 Å². The highest BCUT2D eigenvalue weighted by atomic mass is 28.4. The van der Waals surface area contributed by atoms with E-state index in [0.29, 0.717) is 25.0 Å². The fourth-order valence-corrected chi connectivity index (χ4v) is 12.6. The number of carbonyl (C=O) groups is 1. The molecular formula is C44H62O6Si2. The van der Waals surface area contributed by atoms with Gasteiger partial charge in [0.05, 0.1) is 18.3 Å². The predicted octanol–water partition coefficient (Wildman–Crippen LogP) is 8.99. The molecule has 0 aromatic heterocycles. The third-order valence-corrected chi connectivity index (χ3v) is 16.5. The third-order valence-electron chi connectivity index (χ3n) is 9.62. The predicted molar refractivity (Wildman–Crippen MR) is 220 cm³/mol. The highest BCUT2D eigenvalue weighted by molar-refractivity contribution is 6.99. The second-order valence-corrected chi connectivity index (χ2v) is 26.9. The van der Waals surface area contributed by atoms with Crippen LogP contribution in [0.5, 0.6) is 0 Å². The number of ether oxygens (including phenoxy) is 3. The van der Waals surface area contributed by atoms with Gasteiger partial charge >= 0.3 is 5.97 Å². The van der Waals surface area contributed by atoms with Crippen molar-refractivity contribution >= 4 is 38.8 Å². The van der Waals surface area contributed by atoms with Gasteiger partial charge < -0.3 is 23.7 Å². The molecule has 1 unspecified atom stereocenters. The monoisotopic (exact) mass is 742 g/mol. The van der Waals surface area contributed by atoms with E-state index in [0.717, 1.165) is 22.7 Å². The lowest BCUT2D eigenvalue weighted by Gasteiger charge is -2.44. The molecule has 6 nitrogen and oxygen atoms in total. The molecule has 0 amide bonds. The van der Waals surface area contributed by atoms with Crippen molar-refractivity contribution in [2.24, 2.45) is 0 Å². The summed E-state index contributed by atoms with van der Waals surface area (Å²) in [5, 5.41) is 13.8. The molecule has 1 saturated heterocycles. The van der Waals surface area contributed by atoms with Gasteiger partial charge in [0, 0.05) is 14.2 Å². The van der Waals surface area contributed by atoms with E-state index in [-0.39, 0.29) is 23.2 Å². The molecule has 4 rings (SSSR count). The summed E-state index contributed by atoms with van der Waals surface area (Å²) in [6, 6.07) is 26.2. The molecular weight excluding hydrogens is 681 g/mol. The maximum atomic E-state index is 13.2. The van der Waals surface area contributed by atoms with Gasteiger partial charge in [-0.1, -0.05) is 143 Å². The molecule has 8 heteroatoms. The summed E-state index contributed by atoms with van der Waals surface area (Å²) in [6.45, 7) is 23.9. The van der Waals surface area contributed by atoms with Crippen LogP contribution in [0, 0.1) is 13.8 Å². The number of benzene rings is 3. The lowest BCUT2D eigenvalue weighted by Crippen LogP contribution is -2.67. The minimum atomic E-state index is -2.70. The van der Waals surface area contributed by atoms with Crippen LogP contribution in [0.4, 0.5) is 0 Å². The zero-order valence-electron chi connectivity index (χ0n) is 33.4. The second kappa shape index (κ2) is 17.4. The summed E-state index contributed by atoms with van der Waals surface area (Å²) in [6.07, 6.45) is 7.01. The second-order valence-electron chi connectivity index (χ2n) is 17.0. The summed E-state index contributed by atoms with van der Waals surface area (Å²) in [5.74, 6) is -1.13. The molecule has 1 aliphatic heterocycles. The van der Waals surface area contributed by atoms with Crippen LogP contribution in [-0.2, 0) is 18.6 Å². The van der Waals surface area contributed by atoms with E-state index in [2.05, 4.69) is 108 Å². The molecule has 52 heavy (non-hydrogen) atoms. The smallest absolute Gasteiger partial charge is 0.338 e. The van der Waals surface area contributed by atoms with Crippen LogP contribution in [0.15, 0.2) is 91.0 Å². The van der Waals surface area contributed by atoms with Crippen LogP contribution in [0.25, 0.3) is 6.08 Å². The summed E-state index contributed by atoms with van der Waals surface area (Å²) >= 11 is 0. The molecule has 1 heterocycles. The summed E-state index contributed by atoms with van der Waals surface area (Å²) in [5.41, 5.74) is 3.38. The van der Waals surface area contributed by atoms with E-state index in [1.165, 1.54) is 10.4 Å². The molecule has 3 aromatic rings. The Balaban J connectivity index is 1.47. The number of aliphatic hydroxyl groups excluding tert-OH is 1. The number of hydrogen-bond acceptors (Lipinski definition) is 6. The number of carbonyl (C=O) groups excluding carboxylic acids is 1. The van der Waals surface area contributed by atoms with Crippen LogP contribution in [0.3, 0.4) is 0 Å². The number of rotatable bonds is 15. The lowest BCUT2D eigenvalue weighted by molar-refractivity contribution is -0.152. The van der Waals surface area contributed by atoms with Gasteiger partial charge in [0.15, 0.2) is 5.79 Å². The summed E-state index contributed by atoms with van der Waals surface area (Å²) in [7, 11) is -4.03. The molecule has 3 aromatic carbocycles. The molecule has 4 atom stereocenters. The van der Waals surface area contributed by atoms with Crippen molar-refractivity contribution in [2.75, 3.05) is 6.61 Å². The minimum Gasteiger partial charge on any atom is -0.462 e. The zero-order chi connectivity index (χ0) is 38.3. The highest BCUT2D eigenvalue weighted by Crippen LogP contribution is 2.38. The minimum absolute atomic E-state index is 0.0973. The molecule has 0 saturated carbocycles. The van der Waals surface area contributed by atoms with E-state index >= 15 is 0 Å². The van der Waals surface area contributed by atoms with E-state index in [9.17, 15) is 9.90 Å². The molecule has 0 spiro atoms. The Bertz CT molecular complexity index is 1630. The van der Waals surface area contributed by atoms with Crippen molar-refractivity contribution in [3.63, 3.8) is 0 Å². The molecule has 282 valence electrons. The Hall–Kier alpha value is -3.12. The average molecular weight is 743 g/mol. The third kappa shape index (κ3) is 10.7. The van der Waals surface area contributed by atoms with Crippen LogP contribution < -0.4 is 10.4 Å². The number of aliphatic hydroxyl groups is 1. The van der Waals surface area contributed by atoms with Gasteiger partial charge in [-0.2, -0.15) is 0 Å². The van der Waals surface area contributed by atoms with Crippen molar-refractivity contribution in [3.05, 3.63) is 113 Å². The van der Waals surface area contributed by atoms with E-state index in [1.54, 1.807) is 0 Å². The first-order valence-corrected chi connectivity index (χ1v) is 24.4. The molecule has 1 fully saturated rings. The molecule has 0 radical (unpaired) electrons. The Morgan fingerprint density at radius 2 is 1.54 bits per heavy atom. The average Bonchev–Trinajstić information content (AvgIpc) is 3.36. The molecule has 0 aliphatic carbocycles. The van der Waals surface area contributed by atoms with Gasteiger partial charge in [-0.3, -0.25) is 0 Å². The van der Waals surface area contributed by atoms with Crippen molar-refractivity contribution in [1.29, 1.82) is 0 Å². The Labute approximate surface area is 315 Å². The Morgan fingerprint density at radius 3 is 2.10 bits per heavy atom. The standard InChI is InChI=1S/C44H62O6Si2/c1-32-30-33(2)40(42(46)47-28-29-51(9,10)11)35(31-32)21-19-27-39-41(49-44(7,8)48-39)38(45)26-18-20-34(3)50-52(43(4,5)6,36-22-14-12-15-23-36)37-24-16-13-17-25-37/h12-19,21-26,30-31,34,38-39,41,45H,20,27-29H2,1-11H3/b21-19+,26-18-/t34-,38?,39-,41+/m0/s1. The Kier molecular flexibility index (Phi) is 13.9. The highest BCUT2D eigenvalue weighted by Gasteiger charge is 2.51. The fourth-order valence-electron chi connectivity index (χ4n) is 7.16. The van der Waals surface area contributed by atoms with Crippen molar-refractivity contribution < 1.29 is 28.5 Å². The number of esters is 1. The normalized spacial score (nSPS) is 19.3. The Morgan fingerprint density at radius 1 is 0.942 bits per heavy atom. The van der Waals surface area contributed by atoms with Gasteiger partial charge in [-0.05, 0) is 80.0 Å². The lowest BCUT2D eigenvalue weighted by atomic mass is 9.97. The van der Waals surface area contributed by atoms with Crippen molar-refractivity contribution in [3.8, 4) is 0 Å². The first-order valence-electron chi connectivity index (χ1n) is 18.8. The molecule has 1 aliphatic rings. The maximum Gasteiger partial charge on any atom is 0.338 e.